The van der Waals surface area contributed by atoms with Crippen LogP contribution in [-0.2, 0) is 19.1 Å². The van der Waals surface area contributed by atoms with E-state index in [1.54, 1.807) is 0 Å². The lowest BCUT2D eigenvalue weighted by Crippen LogP contribution is -2.29. The number of nitrogens with zero attached hydrogens (tertiary/aromatic N) is 1. The van der Waals surface area contributed by atoms with Gasteiger partial charge in [0.2, 0.25) is 0 Å². The van der Waals surface area contributed by atoms with Gasteiger partial charge in [0.1, 0.15) is 6.61 Å². The Labute approximate surface area is 133 Å². The van der Waals surface area contributed by atoms with Gasteiger partial charge in [-0.1, -0.05) is 19.1 Å². The first-order valence-electron chi connectivity index (χ1n) is 7.99. The zero-order chi connectivity index (χ0) is 16.6. The van der Waals surface area contributed by atoms with Crippen molar-refractivity contribution in [3.05, 3.63) is 12.2 Å². The first-order valence-corrected chi connectivity index (χ1v) is 7.99. The molecule has 5 heteroatoms. The Balaban J connectivity index is 2.32. The van der Waals surface area contributed by atoms with Gasteiger partial charge < -0.3 is 14.4 Å². The van der Waals surface area contributed by atoms with E-state index in [0.29, 0.717) is 19.6 Å². The van der Waals surface area contributed by atoms with E-state index in [1.165, 1.54) is 5.57 Å². The molecule has 1 atom stereocenters. The van der Waals surface area contributed by atoms with Crippen molar-refractivity contribution in [2.24, 2.45) is 5.41 Å². The minimum atomic E-state index is -0.492. The molecule has 1 aliphatic carbocycles. The fourth-order valence-corrected chi connectivity index (χ4v) is 2.88. The average molecular weight is 311 g/mol. The summed E-state index contributed by atoms with van der Waals surface area (Å²) >= 11 is 0. The van der Waals surface area contributed by atoms with Crippen LogP contribution in [0.3, 0.4) is 0 Å². The van der Waals surface area contributed by atoms with Crippen LogP contribution in [0.25, 0.3) is 0 Å². The highest BCUT2D eigenvalue weighted by Crippen LogP contribution is 2.44. The van der Waals surface area contributed by atoms with Crippen LogP contribution >= 0.6 is 0 Å². The van der Waals surface area contributed by atoms with Crippen molar-refractivity contribution in [1.29, 1.82) is 0 Å². The average Bonchev–Trinajstić information content (AvgIpc) is 2.44. The smallest absolute Gasteiger partial charge is 0.344 e. The quantitative estimate of drug-likeness (QED) is 0.509. The largest absolute Gasteiger partial charge is 0.462 e. The maximum atomic E-state index is 12.0. The first-order chi connectivity index (χ1) is 10.4. The number of likely N-dealkylation sites (N-methyl/N-ethyl adjacent to an activating group) is 1. The van der Waals surface area contributed by atoms with Gasteiger partial charge in [0.15, 0.2) is 6.61 Å². The van der Waals surface area contributed by atoms with Crippen LogP contribution in [0.15, 0.2) is 12.2 Å². The maximum absolute atomic E-state index is 12.0. The van der Waals surface area contributed by atoms with Crippen molar-refractivity contribution in [1.82, 2.24) is 4.90 Å². The van der Waals surface area contributed by atoms with Gasteiger partial charge >= 0.3 is 11.9 Å². The minimum absolute atomic E-state index is 0.0404. The first kappa shape index (κ1) is 18.7. The van der Waals surface area contributed by atoms with Crippen LogP contribution in [0, 0.1) is 5.41 Å². The summed E-state index contributed by atoms with van der Waals surface area (Å²) in [5.74, 6) is -0.810. The van der Waals surface area contributed by atoms with Gasteiger partial charge in [-0.25, -0.2) is 4.79 Å². The van der Waals surface area contributed by atoms with Gasteiger partial charge in [-0.2, -0.15) is 0 Å². The Morgan fingerprint density at radius 1 is 1.27 bits per heavy atom. The fourth-order valence-electron chi connectivity index (χ4n) is 2.88. The Morgan fingerprint density at radius 3 is 2.59 bits per heavy atom. The molecule has 0 spiro atoms. The highest BCUT2D eigenvalue weighted by molar-refractivity contribution is 5.76. The van der Waals surface area contributed by atoms with E-state index in [2.05, 4.69) is 13.5 Å². The van der Waals surface area contributed by atoms with Crippen molar-refractivity contribution in [3.63, 3.8) is 0 Å². The summed E-state index contributed by atoms with van der Waals surface area (Å²) in [4.78, 5) is 25.4. The monoisotopic (exact) mass is 311 g/mol. The molecule has 0 aromatic rings. The Bertz CT molecular complexity index is 405. The van der Waals surface area contributed by atoms with Crippen molar-refractivity contribution in [2.45, 2.75) is 45.4 Å². The molecule has 0 bridgehead atoms. The van der Waals surface area contributed by atoms with Crippen molar-refractivity contribution in [2.75, 3.05) is 33.9 Å². The molecule has 0 heterocycles. The second-order valence-electron chi connectivity index (χ2n) is 6.50. The molecule has 22 heavy (non-hydrogen) atoms. The second kappa shape index (κ2) is 8.93. The number of ether oxygens (including phenoxy) is 2. The number of rotatable bonds is 8. The van der Waals surface area contributed by atoms with Crippen LogP contribution in [-0.4, -0.2) is 50.7 Å². The Morgan fingerprint density at radius 2 is 2.00 bits per heavy atom. The van der Waals surface area contributed by atoms with Gasteiger partial charge in [-0.3, -0.25) is 4.79 Å². The van der Waals surface area contributed by atoms with Crippen molar-refractivity contribution in [3.8, 4) is 0 Å². The van der Waals surface area contributed by atoms with Gasteiger partial charge in [0.05, 0.1) is 6.42 Å². The van der Waals surface area contributed by atoms with Crippen LogP contribution in [0.5, 0.6) is 0 Å². The Kier molecular flexibility index (Phi) is 7.59. The molecule has 0 aliphatic heterocycles. The van der Waals surface area contributed by atoms with Crippen LogP contribution < -0.4 is 0 Å². The molecule has 0 aromatic heterocycles. The highest BCUT2D eigenvalue weighted by Gasteiger charge is 2.34. The fraction of sp³-hybridized carbons (Fsp3) is 0.765. The molecule has 0 radical (unpaired) electrons. The summed E-state index contributed by atoms with van der Waals surface area (Å²) in [5, 5.41) is 0. The normalized spacial score (nSPS) is 21.7. The molecule has 1 aliphatic rings. The molecule has 1 saturated carbocycles. The van der Waals surface area contributed by atoms with E-state index in [0.717, 1.165) is 32.1 Å². The van der Waals surface area contributed by atoms with E-state index >= 15 is 0 Å². The topological polar surface area (TPSA) is 55.8 Å². The summed E-state index contributed by atoms with van der Waals surface area (Å²) in [5.41, 5.74) is 1.17. The summed E-state index contributed by atoms with van der Waals surface area (Å²) in [7, 11) is 3.80. The molecule has 0 N–H and O–H groups in total. The minimum Gasteiger partial charge on any atom is -0.462 e. The van der Waals surface area contributed by atoms with Gasteiger partial charge in [0.25, 0.3) is 0 Å². The van der Waals surface area contributed by atoms with E-state index in [9.17, 15) is 9.59 Å². The van der Waals surface area contributed by atoms with E-state index in [-0.39, 0.29) is 18.0 Å². The molecular formula is C17H29NO4. The number of carbonyl (C=O) groups is 2. The molecular weight excluding hydrogens is 282 g/mol. The summed E-state index contributed by atoms with van der Waals surface area (Å²) in [6.07, 6.45) is 5.31. The highest BCUT2D eigenvalue weighted by atomic mass is 16.6. The van der Waals surface area contributed by atoms with Gasteiger partial charge in [0, 0.05) is 6.54 Å². The van der Waals surface area contributed by atoms with Crippen LogP contribution in [0.4, 0.5) is 0 Å². The molecule has 1 fully saturated rings. The molecule has 126 valence electrons. The summed E-state index contributed by atoms with van der Waals surface area (Å²) in [6, 6.07) is 0. The zero-order valence-corrected chi connectivity index (χ0v) is 14.2. The number of allylic oxidation sites excluding steroid dienone is 1. The van der Waals surface area contributed by atoms with Crippen LogP contribution in [0.2, 0.25) is 0 Å². The molecule has 1 unspecified atom stereocenters. The third-order valence-corrected chi connectivity index (χ3v) is 4.28. The third kappa shape index (κ3) is 6.60. The third-order valence-electron chi connectivity index (χ3n) is 4.28. The number of hydrogen-bond acceptors (Lipinski definition) is 5. The molecule has 0 amide bonds. The molecule has 1 rings (SSSR count). The summed E-state index contributed by atoms with van der Waals surface area (Å²) in [6.45, 7) is 6.82. The number of hydrogen-bond donors (Lipinski definition) is 0. The van der Waals surface area contributed by atoms with Gasteiger partial charge in [-0.15, -0.1) is 0 Å². The lowest BCUT2D eigenvalue weighted by atomic mass is 9.69. The predicted molar refractivity (Wildman–Crippen MR) is 85.4 cm³/mol. The lowest BCUT2D eigenvalue weighted by molar-refractivity contribution is -0.160. The Hall–Kier alpha value is -1.36. The zero-order valence-electron chi connectivity index (χ0n) is 14.2. The molecule has 0 aromatic carbocycles. The standard InChI is InChI=1S/C17H29NO4/c1-5-17(8-6-7-14(2)11-17)12-15(19)22-13-16(20)21-10-9-18(3)4/h2,5-13H2,1,3-4H3. The number of carbonyl (C=O) groups excluding carboxylic acids is 2. The van der Waals surface area contributed by atoms with E-state index in [1.807, 2.05) is 19.0 Å². The summed E-state index contributed by atoms with van der Waals surface area (Å²) < 4.78 is 10.1. The van der Waals surface area contributed by atoms with Crippen LogP contribution in [0.1, 0.15) is 45.4 Å². The predicted octanol–water partition coefficient (Wildman–Crippen LogP) is 2.55. The van der Waals surface area contributed by atoms with Crippen molar-refractivity contribution < 1.29 is 19.1 Å². The maximum Gasteiger partial charge on any atom is 0.344 e. The van der Waals surface area contributed by atoms with Crippen molar-refractivity contribution >= 4 is 11.9 Å². The SMILES string of the molecule is C=C1CCCC(CC)(CC(=O)OCC(=O)OCCN(C)C)C1. The molecule has 5 nitrogen and oxygen atoms in total. The lowest BCUT2D eigenvalue weighted by Gasteiger charge is -2.36. The van der Waals surface area contributed by atoms with E-state index < -0.39 is 5.97 Å². The number of esters is 2. The second-order valence-corrected chi connectivity index (χ2v) is 6.50. The molecule has 0 saturated heterocycles. The van der Waals surface area contributed by atoms with E-state index in [4.69, 9.17) is 9.47 Å². The van der Waals surface area contributed by atoms with Gasteiger partial charge in [-0.05, 0) is 51.6 Å².